The van der Waals surface area contributed by atoms with Crippen molar-refractivity contribution in [3.05, 3.63) is 0 Å². The van der Waals surface area contributed by atoms with Gasteiger partial charge in [-0.25, -0.2) is 4.79 Å². The summed E-state index contributed by atoms with van der Waals surface area (Å²) in [7, 11) is 0. The molecule has 0 radical (unpaired) electrons. The Morgan fingerprint density at radius 3 is 2.90 bits per heavy atom. The first kappa shape index (κ1) is 16.8. The van der Waals surface area contributed by atoms with Crippen LogP contribution in [-0.4, -0.2) is 54.4 Å². The second-order valence-electron chi connectivity index (χ2n) is 5.39. The third-order valence-corrected chi connectivity index (χ3v) is 3.52. The number of rotatable bonds is 7. The summed E-state index contributed by atoms with van der Waals surface area (Å²) in [4.78, 5) is 24.3. The summed E-state index contributed by atoms with van der Waals surface area (Å²) in [6, 6.07) is -0.0726. The van der Waals surface area contributed by atoms with Crippen molar-refractivity contribution in [2.24, 2.45) is 5.92 Å². The summed E-state index contributed by atoms with van der Waals surface area (Å²) in [6.07, 6.45) is 2.84. The molecule has 1 rings (SSSR count). The van der Waals surface area contributed by atoms with Crippen LogP contribution in [0.25, 0.3) is 0 Å². The molecule has 0 aromatic heterocycles. The summed E-state index contributed by atoms with van der Waals surface area (Å²) < 4.78 is 5.57. The zero-order valence-electron chi connectivity index (χ0n) is 12.4. The molecule has 2 atom stereocenters. The maximum atomic E-state index is 12.0. The Kier molecular flexibility index (Phi) is 7.36. The molecule has 2 unspecified atom stereocenters. The molecule has 0 bridgehead atoms. The fourth-order valence-corrected chi connectivity index (χ4v) is 2.34. The number of amides is 2. The largest absolute Gasteiger partial charge is 0.481 e. The van der Waals surface area contributed by atoms with Crippen molar-refractivity contribution in [2.75, 3.05) is 26.2 Å². The highest BCUT2D eigenvalue weighted by atomic mass is 16.5. The number of likely N-dealkylation sites (tertiary alicyclic amines) is 1. The molecular formula is C14H26N2O4. The van der Waals surface area contributed by atoms with Crippen LogP contribution in [0.2, 0.25) is 0 Å². The summed E-state index contributed by atoms with van der Waals surface area (Å²) >= 11 is 0. The van der Waals surface area contributed by atoms with E-state index in [-0.39, 0.29) is 24.5 Å². The average molecular weight is 286 g/mol. The molecule has 6 nitrogen and oxygen atoms in total. The smallest absolute Gasteiger partial charge is 0.317 e. The van der Waals surface area contributed by atoms with E-state index < -0.39 is 5.97 Å². The minimum absolute atomic E-state index is 0.0726. The SMILES string of the molecule is CCOC1CCCN(C(=O)NCC(C)CCC(=O)O)C1. The lowest BCUT2D eigenvalue weighted by Crippen LogP contribution is -2.48. The minimum Gasteiger partial charge on any atom is -0.481 e. The Bertz CT molecular complexity index is 320. The van der Waals surface area contributed by atoms with Gasteiger partial charge in [-0.1, -0.05) is 6.92 Å². The highest BCUT2D eigenvalue weighted by Crippen LogP contribution is 2.13. The van der Waals surface area contributed by atoms with Gasteiger partial charge in [0.1, 0.15) is 0 Å². The Morgan fingerprint density at radius 2 is 2.25 bits per heavy atom. The van der Waals surface area contributed by atoms with E-state index in [1.165, 1.54) is 0 Å². The quantitative estimate of drug-likeness (QED) is 0.746. The second kappa shape index (κ2) is 8.79. The van der Waals surface area contributed by atoms with Crippen molar-refractivity contribution in [3.8, 4) is 0 Å². The van der Waals surface area contributed by atoms with Gasteiger partial charge in [0.15, 0.2) is 0 Å². The molecule has 0 saturated carbocycles. The number of nitrogens with one attached hydrogen (secondary N) is 1. The van der Waals surface area contributed by atoms with Gasteiger partial charge in [-0.15, -0.1) is 0 Å². The third kappa shape index (κ3) is 6.23. The lowest BCUT2D eigenvalue weighted by Gasteiger charge is -2.32. The molecule has 2 amide bonds. The number of carboxylic acids is 1. The van der Waals surface area contributed by atoms with Crippen LogP contribution in [0.15, 0.2) is 0 Å². The van der Waals surface area contributed by atoms with Crippen molar-refractivity contribution in [1.29, 1.82) is 0 Å². The van der Waals surface area contributed by atoms with Gasteiger partial charge in [-0.2, -0.15) is 0 Å². The number of carbonyl (C=O) groups excluding carboxylic acids is 1. The number of carbonyl (C=O) groups is 2. The number of hydrogen-bond donors (Lipinski definition) is 2. The fourth-order valence-electron chi connectivity index (χ4n) is 2.34. The Labute approximate surface area is 120 Å². The summed E-state index contributed by atoms with van der Waals surface area (Å²) in [5.41, 5.74) is 0. The molecule has 1 heterocycles. The number of carboxylic acid groups (broad SMARTS) is 1. The van der Waals surface area contributed by atoms with E-state index in [4.69, 9.17) is 9.84 Å². The van der Waals surface area contributed by atoms with Crippen molar-refractivity contribution >= 4 is 12.0 Å². The number of hydrogen-bond acceptors (Lipinski definition) is 3. The van der Waals surface area contributed by atoms with Gasteiger partial charge in [0.25, 0.3) is 0 Å². The first-order valence-electron chi connectivity index (χ1n) is 7.39. The number of nitrogens with zero attached hydrogens (tertiary/aromatic N) is 1. The van der Waals surface area contributed by atoms with E-state index in [1.54, 1.807) is 4.90 Å². The van der Waals surface area contributed by atoms with Crippen LogP contribution >= 0.6 is 0 Å². The van der Waals surface area contributed by atoms with Crippen LogP contribution in [-0.2, 0) is 9.53 Å². The van der Waals surface area contributed by atoms with Crippen molar-refractivity contribution in [2.45, 2.75) is 45.6 Å². The lowest BCUT2D eigenvalue weighted by atomic mass is 10.1. The van der Waals surface area contributed by atoms with Gasteiger partial charge in [0.2, 0.25) is 0 Å². The fraction of sp³-hybridized carbons (Fsp3) is 0.857. The topological polar surface area (TPSA) is 78.9 Å². The molecule has 2 N–H and O–H groups in total. The second-order valence-corrected chi connectivity index (χ2v) is 5.39. The maximum Gasteiger partial charge on any atom is 0.317 e. The van der Waals surface area contributed by atoms with Gasteiger partial charge < -0.3 is 20.1 Å². The lowest BCUT2D eigenvalue weighted by molar-refractivity contribution is -0.137. The summed E-state index contributed by atoms with van der Waals surface area (Å²) in [5, 5.41) is 11.5. The van der Waals surface area contributed by atoms with Crippen LogP contribution in [0.4, 0.5) is 4.79 Å². The number of piperidine rings is 1. The zero-order chi connectivity index (χ0) is 15.0. The van der Waals surface area contributed by atoms with Crippen molar-refractivity contribution in [3.63, 3.8) is 0 Å². The van der Waals surface area contributed by atoms with Gasteiger partial charge >= 0.3 is 12.0 Å². The number of urea groups is 1. The standard InChI is InChI=1S/C14H26N2O4/c1-3-20-12-5-4-8-16(10-12)14(19)15-9-11(2)6-7-13(17)18/h11-12H,3-10H2,1-2H3,(H,15,19)(H,17,18). The van der Waals surface area contributed by atoms with Gasteiger partial charge in [-0.3, -0.25) is 4.79 Å². The van der Waals surface area contributed by atoms with E-state index in [2.05, 4.69) is 5.32 Å². The van der Waals surface area contributed by atoms with E-state index in [9.17, 15) is 9.59 Å². The highest BCUT2D eigenvalue weighted by Gasteiger charge is 2.23. The maximum absolute atomic E-state index is 12.0. The third-order valence-electron chi connectivity index (χ3n) is 3.52. The van der Waals surface area contributed by atoms with E-state index >= 15 is 0 Å². The molecule has 116 valence electrons. The molecule has 0 aromatic carbocycles. The Morgan fingerprint density at radius 1 is 1.50 bits per heavy atom. The molecule has 6 heteroatoms. The minimum atomic E-state index is -0.793. The van der Waals surface area contributed by atoms with Gasteiger partial charge in [-0.05, 0) is 32.1 Å². The molecular weight excluding hydrogens is 260 g/mol. The molecule has 0 spiro atoms. The monoisotopic (exact) mass is 286 g/mol. The van der Waals surface area contributed by atoms with E-state index in [0.29, 0.717) is 26.1 Å². The highest BCUT2D eigenvalue weighted by molar-refractivity contribution is 5.74. The average Bonchev–Trinajstić information content (AvgIpc) is 2.43. The number of ether oxygens (including phenoxy) is 1. The predicted molar refractivity (Wildman–Crippen MR) is 75.7 cm³/mol. The molecule has 1 aliphatic heterocycles. The molecule has 1 fully saturated rings. The van der Waals surface area contributed by atoms with Gasteiger partial charge in [0.05, 0.1) is 6.10 Å². The van der Waals surface area contributed by atoms with Crippen LogP contribution in [0.1, 0.15) is 39.5 Å². The Hall–Kier alpha value is -1.30. The first-order chi connectivity index (χ1) is 9.52. The first-order valence-corrected chi connectivity index (χ1v) is 7.39. The normalized spacial score (nSPS) is 20.5. The number of aliphatic carboxylic acids is 1. The zero-order valence-corrected chi connectivity index (χ0v) is 12.4. The van der Waals surface area contributed by atoms with Crippen molar-refractivity contribution < 1.29 is 19.4 Å². The van der Waals surface area contributed by atoms with Crippen molar-refractivity contribution in [1.82, 2.24) is 10.2 Å². The molecule has 20 heavy (non-hydrogen) atoms. The predicted octanol–water partition coefficient (Wildman–Crippen LogP) is 1.70. The van der Waals surface area contributed by atoms with Gasteiger partial charge in [0, 0.05) is 32.7 Å². The van der Waals surface area contributed by atoms with E-state index in [0.717, 1.165) is 19.4 Å². The van der Waals surface area contributed by atoms with E-state index in [1.807, 2.05) is 13.8 Å². The summed E-state index contributed by atoms with van der Waals surface area (Å²) in [6.45, 7) is 6.50. The van der Waals surface area contributed by atoms with Crippen LogP contribution in [0.3, 0.4) is 0 Å². The summed E-state index contributed by atoms with van der Waals surface area (Å²) in [5.74, 6) is -0.624. The molecule has 1 saturated heterocycles. The van der Waals surface area contributed by atoms with Crippen LogP contribution in [0.5, 0.6) is 0 Å². The van der Waals surface area contributed by atoms with Crippen LogP contribution in [0, 0.1) is 5.92 Å². The molecule has 1 aliphatic rings. The Balaban J connectivity index is 2.26. The molecule has 0 aliphatic carbocycles. The molecule has 0 aromatic rings. The van der Waals surface area contributed by atoms with Crippen LogP contribution < -0.4 is 5.32 Å².